The molecule has 2 heteroatoms. The highest BCUT2D eigenvalue weighted by molar-refractivity contribution is 5.50. The van der Waals surface area contributed by atoms with E-state index in [1.807, 2.05) is 0 Å². The number of carbonyl (C=O) groups is 1. The van der Waals surface area contributed by atoms with Gasteiger partial charge in [0.2, 0.25) is 0 Å². The Bertz CT molecular complexity index is 116. The zero-order chi connectivity index (χ0) is 7.45. The van der Waals surface area contributed by atoms with Crippen LogP contribution in [0, 0.1) is 0 Å². The Morgan fingerprint density at radius 1 is 1.30 bits per heavy atom. The summed E-state index contributed by atoms with van der Waals surface area (Å²) in [4.78, 5) is 10.3. The molecule has 0 radical (unpaired) electrons. The van der Waals surface area contributed by atoms with Crippen LogP contribution < -0.4 is 0 Å². The molecule has 1 aliphatic rings. The van der Waals surface area contributed by atoms with Gasteiger partial charge in [-0.1, -0.05) is 0 Å². The molecule has 0 spiro atoms. The second-order valence-electron chi connectivity index (χ2n) is 3.48. The van der Waals surface area contributed by atoms with Gasteiger partial charge in [-0.15, -0.1) is 0 Å². The van der Waals surface area contributed by atoms with Gasteiger partial charge in [-0.25, -0.2) is 0 Å². The van der Waals surface area contributed by atoms with E-state index in [2.05, 4.69) is 7.05 Å². The van der Waals surface area contributed by atoms with E-state index >= 15 is 0 Å². The first-order valence-electron chi connectivity index (χ1n) is 4.04. The van der Waals surface area contributed by atoms with Crippen LogP contribution in [0.5, 0.6) is 0 Å². The first-order valence-corrected chi connectivity index (χ1v) is 4.04. The van der Waals surface area contributed by atoms with Crippen molar-refractivity contribution in [3.8, 4) is 0 Å². The largest absolute Gasteiger partial charge is 0.320 e. The number of piperidine rings is 1. The second-order valence-corrected chi connectivity index (χ2v) is 3.48. The maximum absolute atomic E-state index is 10.3. The number of rotatable bonds is 2. The standard InChI is InChI=1S/C8H16NO/c1-9(7-8-10)5-3-2-4-6-9/h8H,2-7H2,1H3/q+1. The van der Waals surface area contributed by atoms with Crippen molar-refractivity contribution in [2.24, 2.45) is 0 Å². The number of carbonyl (C=O) groups excluding carboxylic acids is 1. The number of hydrogen-bond acceptors (Lipinski definition) is 1. The van der Waals surface area contributed by atoms with Gasteiger partial charge in [-0.3, -0.25) is 4.79 Å². The zero-order valence-electron chi connectivity index (χ0n) is 6.68. The predicted octanol–water partition coefficient (Wildman–Crippen LogP) is 0.816. The van der Waals surface area contributed by atoms with Crippen molar-refractivity contribution in [3.05, 3.63) is 0 Å². The minimum atomic E-state index is 0.708. The quantitative estimate of drug-likeness (QED) is 0.412. The Labute approximate surface area is 62.4 Å². The Kier molecular flexibility index (Phi) is 2.44. The highest BCUT2D eigenvalue weighted by Gasteiger charge is 2.23. The highest BCUT2D eigenvalue weighted by atomic mass is 16.1. The van der Waals surface area contributed by atoms with Crippen LogP contribution >= 0.6 is 0 Å². The van der Waals surface area contributed by atoms with Crippen LogP contribution in [-0.2, 0) is 4.79 Å². The summed E-state index contributed by atoms with van der Waals surface area (Å²) in [5.41, 5.74) is 0. The molecule has 0 atom stereocenters. The van der Waals surface area contributed by atoms with E-state index in [-0.39, 0.29) is 0 Å². The minimum Gasteiger partial charge on any atom is -0.320 e. The van der Waals surface area contributed by atoms with Crippen molar-refractivity contribution in [3.63, 3.8) is 0 Å². The lowest BCUT2D eigenvalue weighted by molar-refractivity contribution is -0.905. The summed E-state index contributed by atoms with van der Waals surface area (Å²) < 4.78 is 0.976. The van der Waals surface area contributed by atoms with Crippen molar-refractivity contribution in [2.75, 3.05) is 26.7 Å². The summed E-state index contributed by atoms with van der Waals surface area (Å²) >= 11 is 0. The molecule has 0 bridgehead atoms. The van der Waals surface area contributed by atoms with Gasteiger partial charge >= 0.3 is 0 Å². The molecule has 0 amide bonds. The van der Waals surface area contributed by atoms with Crippen molar-refractivity contribution in [1.82, 2.24) is 0 Å². The van der Waals surface area contributed by atoms with Gasteiger partial charge in [0.1, 0.15) is 6.54 Å². The van der Waals surface area contributed by atoms with Crippen molar-refractivity contribution in [2.45, 2.75) is 19.3 Å². The first-order chi connectivity index (χ1) is 4.77. The fraction of sp³-hybridized carbons (Fsp3) is 0.875. The molecule has 10 heavy (non-hydrogen) atoms. The molecule has 0 unspecified atom stereocenters. The summed E-state index contributed by atoms with van der Waals surface area (Å²) in [6.45, 7) is 3.09. The topological polar surface area (TPSA) is 17.1 Å². The van der Waals surface area contributed by atoms with Crippen LogP contribution in [0.1, 0.15) is 19.3 Å². The number of nitrogens with zero attached hydrogens (tertiary/aromatic N) is 1. The molecule has 1 fully saturated rings. The zero-order valence-corrected chi connectivity index (χ0v) is 6.68. The van der Waals surface area contributed by atoms with Crippen LogP contribution in [0.4, 0.5) is 0 Å². The predicted molar refractivity (Wildman–Crippen MR) is 40.7 cm³/mol. The maximum atomic E-state index is 10.3. The summed E-state index contributed by atoms with van der Waals surface area (Å²) in [5, 5.41) is 0. The van der Waals surface area contributed by atoms with E-state index in [9.17, 15) is 4.79 Å². The number of quaternary nitrogens is 1. The minimum absolute atomic E-state index is 0.708. The molecule has 58 valence electrons. The van der Waals surface area contributed by atoms with Crippen LogP contribution in [0.15, 0.2) is 0 Å². The Morgan fingerprint density at radius 3 is 2.40 bits per heavy atom. The van der Waals surface area contributed by atoms with Crippen molar-refractivity contribution < 1.29 is 9.28 Å². The molecular formula is C8H16NO+. The third-order valence-corrected chi connectivity index (χ3v) is 2.41. The molecule has 1 rings (SSSR count). The number of hydrogen-bond donors (Lipinski definition) is 0. The van der Waals surface area contributed by atoms with Gasteiger partial charge in [0.05, 0.1) is 20.1 Å². The lowest BCUT2D eigenvalue weighted by atomic mass is 10.1. The number of likely N-dealkylation sites (tertiary alicyclic amines) is 1. The number of likely N-dealkylation sites (N-methyl/N-ethyl adjacent to an activating group) is 1. The number of aldehydes is 1. The summed E-state index contributed by atoms with van der Waals surface area (Å²) in [6.07, 6.45) is 4.99. The van der Waals surface area contributed by atoms with Crippen LogP contribution in [0.2, 0.25) is 0 Å². The molecule has 0 aliphatic carbocycles. The van der Waals surface area contributed by atoms with E-state index in [1.54, 1.807) is 0 Å². The average Bonchev–Trinajstić information content (AvgIpc) is 1.89. The van der Waals surface area contributed by atoms with E-state index in [1.165, 1.54) is 32.4 Å². The Hall–Kier alpha value is -0.370. The van der Waals surface area contributed by atoms with E-state index in [0.717, 1.165) is 10.8 Å². The molecule has 2 nitrogen and oxygen atoms in total. The molecule has 1 heterocycles. The lowest BCUT2D eigenvalue weighted by Crippen LogP contribution is -2.48. The van der Waals surface area contributed by atoms with Gasteiger partial charge < -0.3 is 4.48 Å². The molecule has 0 aromatic heterocycles. The van der Waals surface area contributed by atoms with E-state index in [4.69, 9.17) is 0 Å². The van der Waals surface area contributed by atoms with E-state index in [0.29, 0.717) is 6.54 Å². The normalized spacial score (nSPS) is 24.1. The Morgan fingerprint density at radius 2 is 1.90 bits per heavy atom. The van der Waals surface area contributed by atoms with Crippen LogP contribution in [0.25, 0.3) is 0 Å². The lowest BCUT2D eigenvalue weighted by Gasteiger charge is -2.35. The second kappa shape index (κ2) is 3.15. The SMILES string of the molecule is C[N+]1(CC=O)CCCCC1. The monoisotopic (exact) mass is 142 g/mol. The molecule has 1 aliphatic heterocycles. The van der Waals surface area contributed by atoms with Crippen molar-refractivity contribution >= 4 is 6.29 Å². The highest BCUT2D eigenvalue weighted by Crippen LogP contribution is 2.14. The van der Waals surface area contributed by atoms with Crippen LogP contribution in [-0.4, -0.2) is 37.5 Å². The third-order valence-electron chi connectivity index (χ3n) is 2.41. The molecule has 0 aromatic carbocycles. The fourth-order valence-corrected chi connectivity index (χ4v) is 1.64. The van der Waals surface area contributed by atoms with Gasteiger partial charge in [0, 0.05) is 0 Å². The fourth-order valence-electron chi connectivity index (χ4n) is 1.64. The maximum Gasteiger partial charge on any atom is 0.174 e. The Balaban J connectivity index is 2.39. The van der Waals surface area contributed by atoms with E-state index < -0.39 is 0 Å². The molecule has 1 saturated heterocycles. The van der Waals surface area contributed by atoms with Gasteiger partial charge in [0.15, 0.2) is 6.29 Å². The van der Waals surface area contributed by atoms with Gasteiger partial charge in [-0.2, -0.15) is 0 Å². The van der Waals surface area contributed by atoms with Gasteiger partial charge in [-0.05, 0) is 19.3 Å². The van der Waals surface area contributed by atoms with Crippen molar-refractivity contribution in [1.29, 1.82) is 0 Å². The molecule has 0 saturated carbocycles. The first kappa shape index (κ1) is 7.73. The third kappa shape index (κ3) is 1.81. The molecular weight excluding hydrogens is 126 g/mol. The summed E-state index contributed by atoms with van der Waals surface area (Å²) in [5.74, 6) is 0. The van der Waals surface area contributed by atoms with Gasteiger partial charge in [0.25, 0.3) is 0 Å². The molecule has 0 N–H and O–H groups in total. The molecule has 0 aromatic rings. The summed E-state index contributed by atoms with van der Waals surface area (Å²) in [6, 6.07) is 0. The van der Waals surface area contributed by atoms with Crippen LogP contribution in [0.3, 0.4) is 0 Å². The smallest absolute Gasteiger partial charge is 0.174 e. The summed E-state index contributed by atoms with van der Waals surface area (Å²) in [7, 11) is 2.17. The average molecular weight is 142 g/mol.